The number of allylic oxidation sites excluding steroid dienone is 4. The average Bonchev–Trinajstić information content (AvgIpc) is 3.23. The molecular formula is C27H18BrN3O. The number of hydrogen-bond acceptors (Lipinski definition) is 4. The molecule has 0 fully saturated rings. The molecule has 1 aliphatic rings. The molecule has 1 unspecified atom stereocenters. The van der Waals surface area contributed by atoms with Crippen LogP contribution in [0, 0.1) is 0 Å². The van der Waals surface area contributed by atoms with Crippen molar-refractivity contribution in [2.75, 3.05) is 0 Å². The summed E-state index contributed by atoms with van der Waals surface area (Å²) in [7, 11) is 0. The average molecular weight is 480 g/mol. The molecule has 5 heteroatoms. The van der Waals surface area contributed by atoms with Crippen molar-refractivity contribution in [2.45, 2.75) is 12.3 Å². The molecule has 2 aromatic heterocycles. The van der Waals surface area contributed by atoms with Crippen LogP contribution < -0.4 is 0 Å². The van der Waals surface area contributed by atoms with E-state index in [1.807, 2.05) is 54.6 Å². The molecule has 32 heavy (non-hydrogen) atoms. The first-order valence-corrected chi connectivity index (χ1v) is 11.3. The highest BCUT2D eigenvalue weighted by atomic mass is 79.9. The zero-order valence-electron chi connectivity index (χ0n) is 17.1. The van der Waals surface area contributed by atoms with E-state index in [0.29, 0.717) is 11.6 Å². The van der Waals surface area contributed by atoms with Crippen LogP contribution in [0.25, 0.3) is 44.7 Å². The molecule has 4 nitrogen and oxygen atoms in total. The number of benzene rings is 3. The molecule has 6 rings (SSSR count). The third-order valence-electron chi connectivity index (χ3n) is 5.70. The van der Waals surface area contributed by atoms with Crippen LogP contribution in [0.15, 0.2) is 99.9 Å². The van der Waals surface area contributed by atoms with Crippen molar-refractivity contribution in [3.8, 4) is 22.8 Å². The predicted molar refractivity (Wildman–Crippen MR) is 131 cm³/mol. The second kappa shape index (κ2) is 7.84. The van der Waals surface area contributed by atoms with E-state index in [0.717, 1.165) is 49.8 Å². The molecule has 0 radical (unpaired) electrons. The van der Waals surface area contributed by atoms with Gasteiger partial charge in [-0.2, -0.15) is 0 Å². The van der Waals surface area contributed by atoms with Gasteiger partial charge < -0.3 is 4.42 Å². The van der Waals surface area contributed by atoms with Gasteiger partial charge in [-0.25, -0.2) is 15.0 Å². The highest BCUT2D eigenvalue weighted by Gasteiger charge is 2.20. The standard InChI is InChI=1S/C27H18BrN3O/c28-19-14-15-23-22(16-19)20-12-7-13-21(24(20)32-23)27-30-25(17-8-3-1-4-9-17)29-26(31-27)18-10-5-2-6-11-18/h1-10,12-16,18H,11H2. The fourth-order valence-electron chi connectivity index (χ4n) is 4.11. The number of para-hydroxylation sites is 1. The maximum absolute atomic E-state index is 6.28. The summed E-state index contributed by atoms with van der Waals surface area (Å²) in [5, 5.41) is 2.11. The lowest BCUT2D eigenvalue weighted by atomic mass is 10.00. The minimum absolute atomic E-state index is 0.120. The second-order valence-corrected chi connectivity index (χ2v) is 8.70. The van der Waals surface area contributed by atoms with Gasteiger partial charge in [0.05, 0.1) is 5.56 Å². The Bertz CT molecular complexity index is 1520. The Labute approximate surface area is 193 Å². The van der Waals surface area contributed by atoms with Crippen LogP contribution in [-0.2, 0) is 0 Å². The summed E-state index contributed by atoms with van der Waals surface area (Å²) in [5.74, 6) is 2.19. The third-order valence-corrected chi connectivity index (χ3v) is 6.19. The van der Waals surface area contributed by atoms with Gasteiger partial charge in [0.2, 0.25) is 0 Å². The van der Waals surface area contributed by atoms with Crippen LogP contribution in [0.5, 0.6) is 0 Å². The van der Waals surface area contributed by atoms with Crippen LogP contribution in [0.3, 0.4) is 0 Å². The lowest BCUT2D eigenvalue weighted by Gasteiger charge is -2.14. The number of fused-ring (bicyclic) bond motifs is 3. The van der Waals surface area contributed by atoms with E-state index in [1.54, 1.807) is 0 Å². The van der Waals surface area contributed by atoms with Gasteiger partial charge in [0, 0.05) is 26.7 Å². The summed E-state index contributed by atoms with van der Waals surface area (Å²) < 4.78 is 7.30. The monoisotopic (exact) mass is 479 g/mol. The maximum atomic E-state index is 6.28. The van der Waals surface area contributed by atoms with Gasteiger partial charge in [-0.05, 0) is 30.7 Å². The van der Waals surface area contributed by atoms with E-state index < -0.39 is 0 Å². The first-order valence-electron chi connectivity index (χ1n) is 10.5. The summed E-state index contributed by atoms with van der Waals surface area (Å²) in [6.07, 6.45) is 9.28. The Kier molecular flexibility index (Phi) is 4.69. The van der Waals surface area contributed by atoms with E-state index in [4.69, 9.17) is 19.4 Å². The Morgan fingerprint density at radius 3 is 2.53 bits per heavy atom. The molecule has 0 bridgehead atoms. The van der Waals surface area contributed by atoms with Gasteiger partial charge in [0.1, 0.15) is 17.0 Å². The van der Waals surface area contributed by atoms with Crippen LogP contribution in [0.4, 0.5) is 0 Å². The molecule has 0 saturated carbocycles. The lowest BCUT2D eigenvalue weighted by molar-refractivity contribution is 0.669. The lowest BCUT2D eigenvalue weighted by Crippen LogP contribution is -2.07. The van der Waals surface area contributed by atoms with Crippen molar-refractivity contribution >= 4 is 37.9 Å². The highest BCUT2D eigenvalue weighted by molar-refractivity contribution is 9.10. The molecular weight excluding hydrogens is 462 g/mol. The van der Waals surface area contributed by atoms with Gasteiger partial charge in [-0.3, -0.25) is 0 Å². The van der Waals surface area contributed by atoms with Gasteiger partial charge >= 0.3 is 0 Å². The number of halogens is 1. The normalized spacial score (nSPS) is 15.6. The molecule has 0 N–H and O–H groups in total. The number of nitrogens with zero attached hydrogens (tertiary/aromatic N) is 3. The smallest absolute Gasteiger partial charge is 0.167 e. The van der Waals surface area contributed by atoms with Crippen molar-refractivity contribution < 1.29 is 4.42 Å². The first-order chi connectivity index (χ1) is 15.8. The Morgan fingerprint density at radius 1 is 0.812 bits per heavy atom. The van der Waals surface area contributed by atoms with Crippen molar-refractivity contribution in [2.24, 2.45) is 0 Å². The van der Waals surface area contributed by atoms with Crippen LogP contribution in [0.1, 0.15) is 18.2 Å². The fourth-order valence-corrected chi connectivity index (χ4v) is 4.47. The maximum Gasteiger partial charge on any atom is 0.167 e. The second-order valence-electron chi connectivity index (χ2n) is 7.79. The molecule has 0 aliphatic heterocycles. The molecule has 0 spiro atoms. The first kappa shape index (κ1) is 19.1. The van der Waals surface area contributed by atoms with Gasteiger partial charge in [0.15, 0.2) is 11.6 Å². The number of aromatic nitrogens is 3. The largest absolute Gasteiger partial charge is 0.455 e. The SMILES string of the molecule is Brc1ccc2oc3c(-c4nc(-c5ccccc5)nc(C5C=CC=CC5)n4)cccc3c2c1. The van der Waals surface area contributed by atoms with E-state index in [9.17, 15) is 0 Å². The van der Waals surface area contributed by atoms with E-state index in [-0.39, 0.29) is 5.92 Å². The Morgan fingerprint density at radius 2 is 1.69 bits per heavy atom. The minimum atomic E-state index is 0.120. The van der Waals surface area contributed by atoms with Gasteiger partial charge in [0.25, 0.3) is 0 Å². The van der Waals surface area contributed by atoms with Crippen molar-refractivity contribution in [1.82, 2.24) is 15.0 Å². The Hall–Kier alpha value is -3.57. The van der Waals surface area contributed by atoms with Crippen LogP contribution in [-0.4, -0.2) is 15.0 Å². The third kappa shape index (κ3) is 3.35. The van der Waals surface area contributed by atoms with E-state index >= 15 is 0 Å². The van der Waals surface area contributed by atoms with Gasteiger partial charge in [-0.15, -0.1) is 0 Å². The molecule has 0 amide bonds. The summed E-state index contributed by atoms with van der Waals surface area (Å²) in [4.78, 5) is 14.6. The molecule has 154 valence electrons. The summed E-state index contributed by atoms with van der Waals surface area (Å²) in [5.41, 5.74) is 3.46. The molecule has 1 aliphatic carbocycles. The quantitative estimate of drug-likeness (QED) is 0.269. The number of rotatable bonds is 3. The molecule has 3 aromatic carbocycles. The molecule has 5 aromatic rings. The van der Waals surface area contributed by atoms with E-state index in [1.165, 1.54) is 0 Å². The minimum Gasteiger partial charge on any atom is -0.455 e. The number of hydrogen-bond donors (Lipinski definition) is 0. The molecule has 2 heterocycles. The summed E-state index contributed by atoms with van der Waals surface area (Å²) in [6.45, 7) is 0. The Balaban J connectivity index is 1.59. The topological polar surface area (TPSA) is 51.8 Å². The summed E-state index contributed by atoms with van der Waals surface area (Å²) >= 11 is 3.57. The summed E-state index contributed by atoms with van der Waals surface area (Å²) in [6, 6.07) is 22.2. The molecule has 1 atom stereocenters. The fraction of sp³-hybridized carbons (Fsp3) is 0.0741. The zero-order valence-corrected chi connectivity index (χ0v) is 18.7. The highest BCUT2D eigenvalue weighted by Crippen LogP contribution is 2.36. The van der Waals surface area contributed by atoms with Crippen LogP contribution >= 0.6 is 15.9 Å². The molecule has 0 saturated heterocycles. The van der Waals surface area contributed by atoms with Crippen molar-refractivity contribution in [3.63, 3.8) is 0 Å². The van der Waals surface area contributed by atoms with Crippen molar-refractivity contribution in [1.29, 1.82) is 0 Å². The van der Waals surface area contributed by atoms with Gasteiger partial charge in [-0.1, -0.05) is 82.7 Å². The van der Waals surface area contributed by atoms with E-state index in [2.05, 4.69) is 52.4 Å². The number of furan rings is 1. The van der Waals surface area contributed by atoms with Crippen molar-refractivity contribution in [3.05, 3.63) is 101 Å². The van der Waals surface area contributed by atoms with Crippen LogP contribution in [0.2, 0.25) is 0 Å². The zero-order chi connectivity index (χ0) is 21.5. The predicted octanol–water partition coefficient (Wildman–Crippen LogP) is 7.47.